The second kappa shape index (κ2) is 8.03. The summed E-state index contributed by atoms with van der Waals surface area (Å²) in [6.07, 6.45) is 0.917. The number of piperazine rings is 1. The predicted octanol–water partition coefficient (Wildman–Crippen LogP) is 3.44. The molecule has 0 radical (unpaired) electrons. The van der Waals surface area contributed by atoms with Crippen molar-refractivity contribution in [2.45, 2.75) is 19.4 Å². The first-order chi connectivity index (χ1) is 12.0. The SMILES string of the molecule is CC(COc1ccccc1Cc1ccccc1)N1CC[N+](C)(C)CC1. The van der Waals surface area contributed by atoms with Crippen molar-refractivity contribution in [3.05, 3.63) is 65.7 Å². The van der Waals surface area contributed by atoms with Crippen LogP contribution in [-0.4, -0.2) is 62.3 Å². The number of hydrogen-bond donors (Lipinski definition) is 0. The minimum atomic E-state index is 0.449. The topological polar surface area (TPSA) is 12.5 Å². The molecule has 0 spiro atoms. The maximum atomic E-state index is 6.23. The normalized spacial score (nSPS) is 18.7. The Morgan fingerprint density at radius 3 is 2.32 bits per heavy atom. The summed E-state index contributed by atoms with van der Waals surface area (Å²) < 4.78 is 7.36. The lowest BCUT2D eigenvalue weighted by molar-refractivity contribution is -0.894. The van der Waals surface area contributed by atoms with E-state index in [4.69, 9.17) is 4.74 Å². The van der Waals surface area contributed by atoms with Crippen molar-refractivity contribution < 1.29 is 9.22 Å². The zero-order chi connectivity index (χ0) is 17.7. The number of rotatable bonds is 6. The smallest absolute Gasteiger partial charge is 0.122 e. The maximum Gasteiger partial charge on any atom is 0.122 e. The van der Waals surface area contributed by atoms with Gasteiger partial charge >= 0.3 is 0 Å². The fraction of sp³-hybridized carbons (Fsp3) is 0.455. The van der Waals surface area contributed by atoms with Crippen LogP contribution in [0.1, 0.15) is 18.1 Å². The average molecular weight is 340 g/mol. The third-order valence-electron chi connectivity index (χ3n) is 5.30. The van der Waals surface area contributed by atoms with Crippen LogP contribution in [0, 0.1) is 0 Å². The van der Waals surface area contributed by atoms with Crippen LogP contribution in [0.15, 0.2) is 54.6 Å². The number of ether oxygens (including phenoxy) is 1. The summed E-state index contributed by atoms with van der Waals surface area (Å²) in [5.74, 6) is 1.02. The highest BCUT2D eigenvalue weighted by Gasteiger charge is 2.27. The fourth-order valence-corrected chi connectivity index (χ4v) is 3.38. The van der Waals surface area contributed by atoms with Gasteiger partial charge in [0.05, 0.1) is 27.2 Å². The Morgan fingerprint density at radius 2 is 1.60 bits per heavy atom. The minimum Gasteiger partial charge on any atom is -0.492 e. The van der Waals surface area contributed by atoms with Gasteiger partial charge in [-0.15, -0.1) is 0 Å². The molecular formula is C22H31N2O+. The molecule has 3 nitrogen and oxygen atoms in total. The lowest BCUT2D eigenvalue weighted by Gasteiger charge is -2.41. The zero-order valence-corrected chi connectivity index (χ0v) is 15.8. The molecule has 0 N–H and O–H groups in total. The minimum absolute atomic E-state index is 0.449. The van der Waals surface area contributed by atoms with Crippen LogP contribution >= 0.6 is 0 Å². The van der Waals surface area contributed by atoms with Crippen LogP contribution < -0.4 is 4.74 Å². The van der Waals surface area contributed by atoms with E-state index >= 15 is 0 Å². The van der Waals surface area contributed by atoms with Gasteiger partial charge in [0.2, 0.25) is 0 Å². The first kappa shape index (κ1) is 18.0. The molecule has 1 saturated heterocycles. The predicted molar refractivity (Wildman–Crippen MR) is 104 cm³/mol. The number of hydrogen-bond acceptors (Lipinski definition) is 2. The van der Waals surface area contributed by atoms with E-state index in [9.17, 15) is 0 Å². The van der Waals surface area contributed by atoms with E-state index in [2.05, 4.69) is 80.5 Å². The van der Waals surface area contributed by atoms with Gasteiger partial charge in [0, 0.05) is 25.6 Å². The fourth-order valence-electron chi connectivity index (χ4n) is 3.38. The Kier molecular flexibility index (Phi) is 5.77. The summed E-state index contributed by atoms with van der Waals surface area (Å²) in [4.78, 5) is 2.56. The Labute approximate surface area is 152 Å². The highest BCUT2D eigenvalue weighted by atomic mass is 16.5. The van der Waals surface area contributed by atoms with Crippen molar-refractivity contribution in [1.82, 2.24) is 4.90 Å². The summed E-state index contributed by atoms with van der Waals surface area (Å²) in [5, 5.41) is 0. The standard InChI is InChI=1S/C22H31N2O/c1-19(23-13-15-24(2,3)16-14-23)18-25-22-12-8-7-11-21(22)17-20-9-5-4-6-10-20/h4-12,19H,13-18H2,1-3H3/q+1. The van der Waals surface area contributed by atoms with Gasteiger partial charge in [-0.05, 0) is 24.1 Å². The Hall–Kier alpha value is -1.84. The molecule has 0 aromatic heterocycles. The second-order valence-corrected chi connectivity index (χ2v) is 7.85. The Balaban J connectivity index is 1.58. The van der Waals surface area contributed by atoms with Crippen LogP contribution in [0.5, 0.6) is 5.75 Å². The molecule has 0 aliphatic carbocycles. The first-order valence-electron chi connectivity index (χ1n) is 9.34. The van der Waals surface area contributed by atoms with E-state index in [1.54, 1.807) is 0 Å². The van der Waals surface area contributed by atoms with Crippen LogP contribution in [0.2, 0.25) is 0 Å². The second-order valence-electron chi connectivity index (χ2n) is 7.85. The van der Waals surface area contributed by atoms with Gasteiger partial charge in [0.25, 0.3) is 0 Å². The van der Waals surface area contributed by atoms with Gasteiger partial charge in [0.15, 0.2) is 0 Å². The molecule has 2 aromatic carbocycles. The Morgan fingerprint density at radius 1 is 0.960 bits per heavy atom. The van der Waals surface area contributed by atoms with E-state index in [-0.39, 0.29) is 0 Å². The third-order valence-corrected chi connectivity index (χ3v) is 5.30. The largest absolute Gasteiger partial charge is 0.492 e. The quantitative estimate of drug-likeness (QED) is 0.748. The molecule has 1 unspecified atom stereocenters. The van der Waals surface area contributed by atoms with Crippen molar-refractivity contribution in [2.75, 3.05) is 46.9 Å². The molecule has 134 valence electrons. The molecule has 1 atom stereocenters. The average Bonchev–Trinajstić information content (AvgIpc) is 2.61. The summed E-state index contributed by atoms with van der Waals surface area (Å²) in [6, 6.07) is 19.5. The van der Waals surface area contributed by atoms with Gasteiger partial charge in [-0.2, -0.15) is 0 Å². The molecule has 3 rings (SSSR count). The summed E-state index contributed by atoms with van der Waals surface area (Å²) in [7, 11) is 4.64. The van der Waals surface area contributed by atoms with E-state index in [1.165, 1.54) is 24.2 Å². The summed E-state index contributed by atoms with van der Waals surface area (Å²) in [6.45, 7) is 7.78. The zero-order valence-electron chi connectivity index (χ0n) is 15.8. The highest BCUT2D eigenvalue weighted by Crippen LogP contribution is 2.22. The van der Waals surface area contributed by atoms with E-state index in [0.717, 1.165) is 36.3 Å². The van der Waals surface area contributed by atoms with Gasteiger partial charge in [-0.25, -0.2) is 0 Å². The van der Waals surface area contributed by atoms with Gasteiger partial charge in [-0.3, -0.25) is 4.90 Å². The molecule has 1 heterocycles. The third kappa shape index (κ3) is 5.07. The van der Waals surface area contributed by atoms with E-state index in [0.29, 0.717) is 6.04 Å². The molecule has 3 heteroatoms. The van der Waals surface area contributed by atoms with Crippen molar-refractivity contribution in [1.29, 1.82) is 0 Å². The molecule has 0 saturated carbocycles. The van der Waals surface area contributed by atoms with Crippen molar-refractivity contribution in [3.8, 4) is 5.75 Å². The first-order valence-corrected chi connectivity index (χ1v) is 9.34. The molecule has 0 bridgehead atoms. The van der Waals surface area contributed by atoms with Crippen LogP contribution in [0.3, 0.4) is 0 Å². The summed E-state index contributed by atoms with van der Waals surface area (Å²) in [5.41, 5.74) is 2.58. The highest BCUT2D eigenvalue weighted by molar-refractivity contribution is 5.37. The van der Waals surface area contributed by atoms with Crippen LogP contribution in [0.4, 0.5) is 0 Å². The van der Waals surface area contributed by atoms with Crippen molar-refractivity contribution >= 4 is 0 Å². The van der Waals surface area contributed by atoms with Gasteiger partial charge in [-0.1, -0.05) is 48.5 Å². The number of quaternary nitrogens is 1. The Bertz CT molecular complexity index is 659. The number of para-hydroxylation sites is 1. The molecule has 0 amide bonds. The van der Waals surface area contributed by atoms with E-state index < -0.39 is 0 Å². The van der Waals surface area contributed by atoms with Gasteiger partial charge < -0.3 is 9.22 Å². The van der Waals surface area contributed by atoms with Crippen molar-refractivity contribution in [2.24, 2.45) is 0 Å². The van der Waals surface area contributed by atoms with E-state index in [1.807, 2.05) is 0 Å². The lowest BCUT2D eigenvalue weighted by Crippen LogP contribution is -2.57. The number of benzene rings is 2. The van der Waals surface area contributed by atoms with Gasteiger partial charge in [0.1, 0.15) is 12.4 Å². The summed E-state index contributed by atoms with van der Waals surface area (Å²) >= 11 is 0. The van der Waals surface area contributed by atoms with Crippen LogP contribution in [0.25, 0.3) is 0 Å². The molecule has 1 fully saturated rings. The van der Waals surface area contributed by atoms with Crippen molar-refractivity contribution in [3.63, 3.8) is 0 Å². The number of likely N-dealkylation sites (N-methyl/N-ethyl adjacent to an activating group) is 1. The molecule has 25 heavy (non-hydrogen) atoms. The number of nitrogens with zero attached hydrogens (tertiary/aromatic N) is 2. The molecule has 1 aliphatic rings. The molecule has 1 aliphatic heterocycles. The van der Waals surface area contributed by atoms with Crippen LogP contribution in [-0.2, 0) is 6.42 Å². The lowest BCUT2D eigenvalue weighted by atomic mass is 10.0. The monoisotopic (exact) mass is 339 g/mol. The maximum absolute atomic E-state index is 6.23. The molecule has 2 aromatic rings. The molecular weight excluding hydrogens is 308 g/mol.